The van der Waals surface area contributed by atoms with Gasteiger partial charge in [0.15, 0.2) is 0 Å². The predicted molar refractivity (Wildman–Crippen MR) is 71.5 cm³/mol. The fraction of sp³-hybridized carbons (Fsp3) is 0.417. The molecule has 2 rings (SSSR count). The summed E-state index contributed by atoms with van der Waals surface area (Å²) in [5, 5.41) is 22.3. The average molecular weight is 331 g/mol. The Bertz CT molecular complexity index is 701. The van der Waals surface area contributed by atoms with E-state index in [4.69, 9.17) is 0 Å². The number of nitrogens with zero attached hydrogens (tertiary/aromatic N) is 5. The van der Waals surface area contributed by atoms with E-state index in [1.165, 1.54) is 6.07 Å². The Hall–Kier alpha value is -2.56. The molecule has 0 spiro atoms. The largest absolute Gasteiger partial charge is 0.411 e. The lowest BCUT2D eigenvalue weighted by Gasteiger charge is -2.06. The number of nitro benzene ring substituents is 1. The number of halogens is 3. The van der Waals surface area contributed by atoms with E-state index in [2.05, 4.69) is 20.1 Å². The van der Waals surface area contributed by atoms with Crippen molar-refractivity contribution in [3.63, 3.8) is 0 Å². The molecule has 124 valence electrons. The van der Waals surface area contributed by atoms with Crippen molar-refractivity contribution in [2.24, 2.45) is 0 Å². The van der Waals surface area contributed by atoms with Crippen molar-refractivity contribution in [2.75, 3.05) is 13.2 Å². The Balaban J connectivity index is 2.02. The van der Waals surface area contributed by atoms with Crippen LogP contribution in [0, 0.1) is 17.0 Å². The number of ether oxygens (including phenoxy) is 1. The maximum absolute atomic E-state index is 11.9. The van der Waals surface area contributed by atoms with Crippen LogP contribution >= 0.6 is 0 Å². The highest BCUT2D eigenvalue weighted by molar-refractivity contribution is 5.60. The summed E-state index contributed by atoms with van der Waals surface area (Å²) >= 11 is 0. The van der Waals surface area contributed by atoms with Crippen molar-refractivity contribution in [3.05, 3.63) is 33.9 Å². The number of alkyl halides is 3. The average Bonchev–Trinajstić information content (AvgIpc) is 2.91. The summed E-state index contributed by atoms with van der Waals surface area (Å²) in [4.78, 5) is 11.4. The molecule has 0 unspecified atom stereocenters. The van der Waals surface area contributed by atoms with Gasteiger partial charge in [-0.15, -0.1) is 10.2 Å². The van der Waals surface area contributed by atoms with Crippen LogP contribution in [0.3, 0.4) is 0 Å². The first kappa shape index (κ1) is 16.8. The van der Waals surface area contributed by atoms with Crippen LogP contribution in [0.4, 0.5) is 18.9 Å². The molecule has 0 saturated heterocycles. The summed E-state index contributed by atoms with van der Waals surface area (Å²) in [6.07, 6.45) is -4.39. The van der Waals surface area contributed by atoms with E-state index < -0.39 is 17.7 Å². The topological polar surface area (TPSA) is 96.0 Å². The van der Waals surface area contributed by atoms with Gasteiger partial charge in [-0.25, -0.2) is 0 Å². The number of rotatable bonds is 6. The van der Waals surface area contributed by atoms with Gasteiger partial charge in [-0.05, 0) is 12.1 Å². The normalized spacial score (nSPS) is 11.7. The van der Waals surface area contributed by atoms with Gasteiger partial charge in [0.05, 0.1) is 18.1 Å². The molecule has 11 heteroatoms. The van der Waals surface area contributed by atoms with Crippen molar-refractivity contribution in [3.8, 4) is 11.4 Å². The fourth-order valence-corrected chi connectivity index (χ4v) is 1.73. The number of nitro groups is 1. The third-order valence-electron chi connectivity index (χ3n) is 2.82. The van der Waals surface area contributed by atoms with Crippen LogP contribution in [-0.4, -0.2) is 44.5 Å². The summed E-state index contributed by atoms with van der Waals surface area (Å²) in [5.74, 6) is 0.143. The molecule has 23 heavy (non-hydrogen) atoms. The van der Waals surface area contributed by atoms with Gasteiger partial charge in [0.2, 0.25) is 5.82 Å². The molecule has 0 fully saturated rings. The van der Waals surface area contributed by atoms with E-state index in [-0.39, 0.29) is 24.7 Å². The molecule has 1 heterocycles. The van der Waals surface area contributed by atoms with Crippen molar-refractivity contribution in [2.45, 2.75) is 19.6 Å². The van der Waals surface area contributed by atoms with Gasteiger partial charge >= 0.3 is 6.18 Å². The Morgan fingerprint density at radius 1 is 1.39 bits per heavy atom. The maximum atomic E-state index is 11.9. The zero-order valence-electron chi connectivity index (χ0n) is 11.9. The molecule has 0 aliphatic carbocycles. The Kier molecular flexibility index (Phi) is 4.89. The molecule has 0 saturated carbocycles. The van der Waals surface area contributed by atoms with Crippen LogP contribution in [0.5, 0.6) is 0 Å². The quantitative estimate of drug-likeness (QED) is 0.457. The minimum absolute atomic E-state index is 0.0168. The molecule has 0 aliphatic rings. The fourth-order valence-electron chi connectivity index (χ4n) is 1.73. The standard InChI is InChI=1S/C12H12F3N5O3/c1-8-2-3-9(6-10(8)20(21)22)11-16-18-19(17-11)4-5-23-7-12(13,14)15/h2-3,6H,4-5,7H2,1H3. The smallest absolute Gasteiger partial charge is 0.370 e. The van der Waals surface area contributed by atoms with Crippen molar-refractivity contribution < 1.29 is 22.8 Å². The molecule has 0 radical (unpaired) electrons. The summed E-state index contributed by atoms with van der Waals surface area (Å²) in [6, 6.07) is 4.47. The molecule has 8 nitrogen and oxygen atoms in total. The van der Waals surface area contributed by atoms with E-state index in [9.17, 15) is 23.3 Å². The second kappa shape index (κ2) is 6.69. The van der Waals surface area contributed by atoms with Crippen molar-refractivity contribution in [1.29, 1.82) is 0 Å². The van der Waals surface area contributed by atoms with Crippen molar-refractivity contribution >= 4 is 5.69 Å². The number of aromatic nitrogens is 4. The zero-order valence-corrected chi connectivity index (χ0v) is 11.9. The van der Waals surface area contributed by atoms with E-state index in [1.807, 2.05) is 0 Å². The predicted octanol–water partition coefficient (Wildman–Crippen LogP) is 2.14. The molecule has 2 aromatic rings. The highest BCUT2D eigenvalue weighted by atomic mass is 19.4. The first-order chi connectivity index (χ1) is 10.8. The molecule has 1 aromatic heterocycles. The molecule has 0 N–H and O–H groups in total. The van der Waals surface area contributed by atoms with Gasteiger partial charge in [-0.1, -0.05) is 12.1 Å². The first-order valence-electron chi connectivity index (χ1n) is 6.44. The number of hydrogen-bond acceptors (Lipinski definition) is 6. The second-order valence-corrected chi connectivity index (χ2v) is 4.64. The van der Waals surface area contributed by atoms with Gasteiger partial charge in [-0.3, -0.25) is 10.1 Å². The number of tetrazole rings is 1. The minimum Gasteiger partial charge on any atom is -0.370 e. The molecular formula is C12H12F3N5O3. The molecule has 0 atom stereocenters. The Morgan fingerprint density at radius 2 is 2.13 bits per heavy atom. The first-order valence-corrected chi connectivity index (χ1v) is 6.44. The Labute approximate surface area is 128 Å². The highest BCUT2D eigenvalue weighted by Gasteiger charge is 2.27. The zero-order chi connectivity index (χ0) is 17.0. The third-order valence-corrected chi connectivity index (χ3v) is 2.82. The molecule has 0 bridgehead atoms. The van der Waals surface area contributed by atoms with Crippen molar-refractivity contribution in [1.82, 2.24) is 20.2 Å². The third kappa shape index (κ3) is 4.71. The SMILES string of the molecule is Cc1ccc(-c2nnn(CCOCC(F)(F)F)n2)cc1[N+](=O)[O-]. The van der Waals surface area contributed by atoms with Crippen LogP contribution in [-0.2, 0) is 11.3 Å². The Morgan fingerprint density at radius 3 is 2.78 bits per heavy atom. The lowest BCUT2D eigenvalue weighted by molar-refractivity contribution is -0.385. The monoisotopic (exact) mass is 331 g/mol. The molecule has 0 amide bonds. The summed E-state index contributed by atoms with van der Waals surface area (Å²) < 4.78 is 40.2. The number of hydrogen-bond donors (Lipinski definition) is 0. The maximum Gasteiger partial charge on any atom is 0.411 e. The lowest BCUT2D eigenvalue weighted by atomic mass is 10.1. The van der Waals surface area contributed by atoms with Crippen LogP contribution < -0.4 is 0 Å². The number of benzene rings is 1. The van der Waals surface area contributed by atoms with Gasteiger partial charge in [0, 0.05) is 17.2 Å². The van der Waals surface area contributed by atoms with E-state index in [0.717, 1.165) is 4.80 Å². The lowest BCUT2D eigenvalue weighted by Crippen LogP contribution is -2.19. The van der Waals surface area contributed by atoms with E-state index in [1.54, 1.807) is 19.1 Å². The van der Waals surface area contributed by atoms with Gasteiger partial charge < -0.3 is 4.74 Å². The van der Waals surface area contributed by atoms with E-state index in [0.29, 0.717) is 11.1 Å². The van der Waals surface area contributed by atoms with Gasteiger partial charge in [-0.2, -0.15) is 18.0 Å². The van der Waals surface area contributed by atoms with Gasteiger partial charge in [0.25, 0.3) is 5.69 Å². The van der Waals surface area contributed by atoms with Crippen LogP contribution in [0.1, 0.15) is 5.56 Å². The number of aryl methyl sites for hydroxylation is 1. The summed E-state index contributed by atoms with van der Waals surface area (Å²) in [6.45, 7) is 0.00326. The van der Waals surface area contributed by atoms with Gasteiger partial charge in [0.1, 0.15) is 6.61 Å². The minimum atomic E-state index is -4.39. The molecular weight excluding hydrogens is 319 g/mol. The van der Waals surface area contributed by atoms with Crippen LogP contribution in [0.15, 0.2) is 18.2 Å². The molecule has 1 aromatic carbocycles. The summed E-state index contributed by atoms with van der Waals surface area (Å²) in [5.41, 5.74) is 0.809. The van der Waals surface area contributed by atoms with Crippen LogP contribution in [0.25, 0.3) is 11.4 Å². The highest BCUT2D eigenvalue weighted by Crippen LogP contribution is 2.24. The van der Waals surface area contributed by atoms with Crippen LogP contribution in [0.2, 0.25) is 0 Å². The summed E-state index contributed by atoms with van der Waals surface area (Å²) in [7, 11) is 0. The second-order valence-electron chi connectivity index (χ2n) is 4.64. The molecule has 0 aliphatic heterocycles. The van der Waals surface area contributed by atoms with E-state index >= 15 is 0 Å².